The highest BCUT2D eigenvalue weighted by molar-refractivity contribution is 7.92. The molecule has 0 aromatic heterocycles. The van der Waals surface area contributed by atoms with Crippen LogP contribution in [0, 0.1) is 0 Å². The summed E-state index contributed by atoms with van der Waals surface area (Å²) in [6.45, 7) is 1.94. The van der Waals surface area contributed by atoms with E-state index < -0.39 is 22.1 Å². The molecule has 1 heterocycles. The van der Waals surface area contributed by atoms with Gasteiger partial charge < -0.3 is 9.84 Å². The largest absolute Gasteiger partial charge is 0.479 e. The van der Waals surface area contributed by atoms with Crippen molar-refractivity contribution in [3.8, 4) is 5.75 Å². The molecule has 0 aliphatic carbocycles. The highest BCUT2D eigenvalue weighted by Gasteiger charge is 2.25. The lowest BCUT2D eigenvalue weighted by Gasteiger charge is -2.23. The van der Waals surface area contributed by atoms with E-state index in [0.717, 1.165) is 12.0 Å². The average Bonchev–Trinajstić information content (AvgIpc) is 2.44. The number of fused-ring (bicyclic) bond motifs is 1. The SMILES string of the molecule is CCCCS(=O)(=O)Nc1ccc2c(c1)CCC(C(=O)O)O2. The third-order valence-electron chi connectivity index (χ3n) is 3.32. The summed E-state index contributed by atoms with van der Waals surface area (Å²) in [4.78, 5) is 10.9. The maximum absolute atomic E-state index is 11.8. The first-order chi connectivity index (χ1) is 9.91. The predicted octanol–water partition coefficient (Wildman–Crippen LogP) is 2.01. The van der Waals surface area contributed by atoms with Gasteiger partial charge in [-0.1, -0.05) is 13.3 Å². The number of carboxylic acid groups (broad SMARTS) is 1. The number of anilines is 1. The van der Waals surface area contributed by atoms with Crippen molar-refractivity contribution < 1.29 is 23.1 Å². The molecular formula is C14H19NO5S. The van der Waals surface area contributed by atoms with Gasteiger partial charge in [-0.25, -0.2) is 13.2 Å². The van der Waals surface area contributed by atoms with Crippen molar-refractivity contribution in [1.29, 1.82) is 0 Å². The summed E-state index contributed by atoms with van der Waals surface area (Å²) in [6, 6.07) is 4.91. The fraction of sp³-hybridized carbons (Fsp3) is 0.500. The van der Waals surface area contributed by atoms with Crippen LogP contribution in [0.1, 0.15) is 31.7 Å². The van der Waals surface area contributed by atoms with Crippen LogP contribution >= 0.6 is 0 Å². The second-order valence-corrected chi connectivity index (χ2v) is 6.92. The molecule has 2 N–H and O–H groups in total. The molecule has 21 heavy (non-hydrogen) atoms. The zero-order valence-corrected chi connectivity index (χ0v) is 12.6. The smallest absolute Gasteiger partial charge is 0.344 e. The number of hydrogen-bond donors (Lipinski definition) is 2. The number of benzene rings is 1. The Morgan fingerprint density at radius 2 is 2.24 bits per heavy atom. The van der Waals surface area contributed by atoms with Gasteiger partial charge >= 0.3 is 5.97 Å². The standard InChI is InChI=1S/C14H19NO5S/c1-2-3-8-21(18,19)15-11-5-7-12-10(9-11)4-6-13(20-12)14(16)17/h5,7,9,13,15H,2-4,6,8H2,1H3,(H,16,17). The number of rotatable bonds is 6. The number of ether oxygens (including phenoxy) is 1. The molecule has 6 nitrogen and oxygen atoms in total. The molecule has 1 aliphatic rings. The molecule has 0 amide bonds. The number of aliphatic carboxylic acids is 1. The molecular weight excluding hydrogens is 294 g/mol. The van der Waals surface area contributed by atoms with Gasteiger partial charge in [-0.3, -0.25) is 4.72 Å². The highest BCUT2D eigenvalue weighted by Crippen LogP contribution is 2.30. The lowest BCUT2D eigenvalue weighted by Crippen LogP contribution is -2.30. The van der Waals surface area contributed by atoms with Crippen LogP contribution in [0.4, 0.5) is 5.69 Å². The van der Waals surface area contributed by atoms with Crippen LogP contribution in [0.3, 0.4) is 0 Å². The van der Waals surface area contributed by atoms with Crippen molar-refractivity contribution in [2.45, 2.75) is 38.7 Å². The molecule has 0 fully saturated rings. The summed E-state index contributed by atoms with van der Waals surface area (Å²) in [6.07, 6.45) is 1.54. The summed E-state index contributed by atoms with van der Waals surface area (Å²) in [5, 5.41) is 8.94. The predicted molar refractivity (Wildman–Crippen MR) is 79.1 cm³/mol. The number of carboxylic acids is 1. The fourth-order valence-corrected chi connectivity index (χ4v) is 3.45. The molecule has 1 unspecified atom stereocenters. The van der Waals surface area contributed by atoms with Crippen molar-refractivity contribution in [2.75, 3.05) is 10.5 Å². The molecule has 2 rings (SSSR count). The molecule has 1 aromatic rings. The van der Waals surface area contributed by atoms with E-state index in [1.165, 1.54) is 0 Å². The van der Waals surface area contributed by atoms with Gasteiger partial charge in [-0.05, 0) is 43.0 Å². The fourth-order valence-electron chi connectivity index (χ4n) is 2.19. The Kier molecular flexibility index (Phi) is 4.72. The van der Waals surface area contributed by atoms with Gasteiger partial charge in [0.05, 0.1) is 5.75 Å². The topological polar surface area (TPSA) is 92.7 Å². The van der Waals surface area contributed by atoms with Gasteiger partial charge in [0.15, 0.2) is 6.10 Å². The van der Waals surface area contributed by atoms with Crippen LogP contribution in [0.2, 0.25) is 0 Å². The first kappa shape index (κ1) is 15.6. The number of sulfonamides is 1. The lowest BCUT2D eigenvalue weighted by molar-refractivity contribution is -0.145. The van der Waals surface area contributed by atoms with Crippen LogP contribution in [0.5, 0.6) is 5.75 Å². The van der Waals surface area contributed by atoms with Gasteiger partial charge in [0.25, 0.3) is 0 Å². The van der Waals surface area contributed by atoms with Crippen LogP contribution in [-0.4, -0.2) is 31.4 Å². The Morgan fingerprint density at radius 3 is 2.90 bits per heavy atom. The maximum atomic E-state index is 11.8. The van der Waals surface area contributed by atoms with Crippen molar-refractivity contribution in [2.24, 2.45) is 0 Å². The third-order valence-corrected chi connectivity index (χ3v) is 4.69. The van der Waals surface area contributed by atoms with Gasteiger partial charge in [0.2, 0.25) is 10.0 Å². The summed E-state index contributed by atoms with van der Waals surface area (Å²) in [5.41, 5.74) is 1.31. The monoisotopic (exact) mass is 313 g/mol. The molecule has 0 bridgehead atoms. The lowest BCUT2D eigenvalue weighted by atomic mass is 10.0. The number of nitrogens with one attached hydrogen (secondary N) is 1. The second-order valence-electron chi connectivity index (χ2n) is 5.08. The summed E-state index contributed by atoms with van der Waals surface area (Å²) >= 11 is 0. The Morgan fingerprint density at radius 1 is 1.48 bits per heavy atom. The van der Waals surface area contributed by atoms with Crippen molar-refractivity contribution in [1.82, 2.24) is 0 Å². The average molecular weight is 313 g/mol. The minimum Gasteiger partial charge on any atom is -0.479 e. The van der Waals surface area contributed by atoms with E-state index in [1.54, 1.807) is 18.2 Å². The number of hydrogen-bond acceptors (Lipinski definition) is 4. The zero-order valence-electron chi connectivity index (χ0n) is 11.8. The number of aryl methyl sites for hydroxylation is 1. The summed E-state index contributed by atoms with van der Waals surface area (Å²) < 4.78 is 31.6. The molecule has 7 heteroatoms. The van der Waals surface area contributed by atoms with Gasteiger partial charge in [-0.15, -0.1) is 0 Å². The van der Waals surface area contributed by atoms with E-state index >= 15 is 0 Å². The zero-order chi connectivity index (χ0) is 15.5. The molecule has 1 aromatic carbocycles. The molecule has 0 saturated carbocycles. The van der Waals surface area contributed by atoms with E-state index in [0.29, 0.717) is 30.7 Å². The van der Waals surface area contributed by atoms with Crippen LogP contribution in [0.25, 0.3) is 0 Å². The van der Waals surface area contributed by atoms with E-state index in [-0.39, 0.29) is 5.75 Å². The third kappa shape index (κ3) is 4.10. The van der Waals surface area contributed by atoms with Crippen molar-refractivity contribution in [3.05, 3.63) is 23.8 Å². The molecule has 116 valence electrons. The molecule has 1 aliphatic heterocycles. The molecule has 0 radical (unpaired) electrons. The minimum atomic E-state index is -3.33. The van der Waals surface area contributed by atoms with E-state index in [9.17, 15) is 13.2 Å². The summed E-state index contributed by atoms with van der Waals surface area (Å²) in [5.74, 6) is -0.381. The van der Waals surface area contributed by atoms with Gasteiger partial charge in [-0.2, -0.15) is 0 Å². The Bertz CT molecular complexity index is 626. The normalized spacial score (nSPS) is 17.7. The van der Waals surface area contributed by atoms with E-state index in [2.05, 4.69) is 4.72 Å². The van der Waals surface area contributed by atoms with Crippen molar-refractivity contribution in [3.63, 3.8) is 0 Å². The molecule has 1 atom stereocenters. The second kappa shape index (κ2) is 6.34. The Labute approximate surface area is 124 Å². The number of carbonyl (C=O) groups is 1. The van der Waals surface area contributed by atoms with Gasteiger partial charge in [0, 0.05) is 5.69 Å². The van der Waals surface area contributed by atoms with Crippen LogP contribution in [-0.2, 0) is 21.2 Å². The minimum absolute atomic E-state index is 0.0954. The number of unbranched alkanes of at least 4 members (excludes halogenated alkanes) is 1. The highest BCUT2D eigenvalue weighted by atomic mass is 32.2. The maximum Gasteiger partial charge on any atom is 0.344 e. The summed E-state index contributed by atoms with van der Waals surface area (Å²) in [7, 11) is -3.33. The van der Waals surface area contributed by atoms with E-state index in [4.69, 9.17) is 9.84 Å². The van der Waals surface area contributed by atoms with E-state index in [1.807, 2.05) is 6.92 Å². The van der Waals surface area contributed by atoms with Crippen LogP contribution in [0.15, 0.2) is 18.2 Å². The first-order valence-corrected chi connectivity index (χ1v) is 8.59. The van der Waals surface area contributed by atoms with Gasteiger partial charge in [0.1, 0.15) is 5.75 Å². The Hall–Kier alpha value is -1.76. The first-order valence-electron chi connectivity index (χ1n) is 6.94. The quantitative estimate of drug-likeness (QED) is 0.838. The molecule has 0 spiro atoms. The van der Waals surface area contributed by atoms with Crippen LogP contribution < -0.4 is 9.46 Å². The molecule has 0 saturated heterocycles. The Balaban J connectivity index is 2.10. The van der Waals surface area contributed by atoms with Crippen molar-refractivity contribution >= 4 is 21.7 Å².